The van der Waals surface area contributed by atoms with Gasteiger partial charge in [-0.25, -0.2) is 0 Å². The van der Waals surface area contributed by atoms with Gasteiger partial charge in [0.15, 0.2) is 5.58 Å². The normalized spacial score (nSPS) is 13.6. The van der Waals surface area contributed by atoms with Gasteiger partial charge in [-0.05, 0) is 78.1 Å². The van der Waals surface area contributed by atoms with Crippen LogP contribution in [0.2, 0.25) is 0 Å². The maximum absolute atomic E-state index is 6.40. The van der Waals surface area contributed by atoms with Crippen molar-refractivity contribution in [1.29, 1.82) is 0 Å². The molecule has 0 spiro atoms. The van der Waals surface area contributed by atoms with Crippen molar-refractivity contribution in [3.63, 3.8) is 0 Å². The second-order valence-electron chi connectivity index (χ2n) is 9.93. The summed E-state index contributed by atoms with van der Waals surface area (Å²) < 4.78 is 8.80. The number of hydrogen-bond donors (Lipinski definition) is 0. The van der Waals surface area contributed by atoms with Gasteiger partial charge < -0.3 is 8.98 Å². The summed E-state index contributed by atoms with van der Waals surface area (Å²) in [6.45, 7) is 0. The molecule has 0 unspecified atom stereocenters. The van der Waals surface area contributed by atoms with Crippen molar-refractivity contribution >= 4 is 49.4 Å². The molecule has 3 nitrogen and oxygen atoms in total. The van der Waals surface area contributed by atoms with E-state index < -0.39 is 0 Å². The quantitative estimate of drug-likeness (QED) is 0.248. The highest BCUT2D eigenvalue weighted by atomic mass is 16.3. The Morgan fingerprint density at radius 2 is 1.47 bits per heavy atom. The molecule has 1 aliphatic carbocycles. The fourth-order valence-electron chi connectivity index (χ4n) is 5.97. The average molecular weight is 489 g/mol. The molecule has 180 valence electrons. The van der Waals surface area contributed by atoms with E-state index in [1.165, 1.54) is 32.9 Å². The molecular weight excluding hydrogens is 464 g/mol. The molecular formula is C35H24N2O. The number of para-hydroxylation sites is 3. The van der Waals surface area contributed by atoms with Gasteiger partial charge in [0.25, 0.3) is 0 Å². The number of hydrogen-bond acceptors (Lipinski definition) is 2. The fraction of sp³-hybridized carbons (Fsp3) is 0.0571. The molecule has 1 aliphatic rings. The molecule has 0 saturated heterocycles. The molecule has 0 fully saturated rings. The lowest BCUT2D eigenvalue weighted by Gasteiger charge is -2.16. The van der Waals surface area contributed by atoms with Crippen molar-refractivity contribution in [3.05, 3.63) is 127 Å². The topological polar surface area (TPSA) is 31.0 Å². The summed E-state index contributed by atoms with van der Waals surface area (Å²) in [5, 5.41) is 3.57. The molecule has 8 rings (SSSR count). The van der Waals surface area contributed by atoms with Crippen LogP contribution in [-0.4, -0.2) is 9.55 Å². The van der Waals surface area contributed by atoms with Gasteiger partial charge in [-0.2, -0.15) is 0 Å². The molecule has 38 heavy (non-hydrogen) atoms. The Morgan fingerprint density at radius 1 is 0.711 bits per heavy atom. The maximum Gasteiger partial charge on any atom is 0.153 e. The molecule has 3 heteroatoms. The van der Waals surface area contributed by atoms with Crippen LogP contribution >= 0.6 is 0 Å². The van der Waals surface area contributed by atoms with Gasteiger partial charge in [0.1, 0.15) is 11.1 Å². The predicted octanol–water partition coefficient (Wildman–Crippen LogP) is 9.48. The van der Waals surface area contributed by atoms with Crippen LogP contribution in [0.25, 0.3) is 66.3 Å². The Hall–Kier alpha value is -4.89. The molecule has 0 amide bonds. The minimum absolute atomic E-state index is 0.814. The zero-order valence-electron chi connectivity index (χ0n) is 20.8. The zero-order chi connectivity index (χ0) is 25.1. The summed E-state index contributed by atoms with van der Waals surface area (Å²) in [6, 6.07) is 34.6. The third kappa shape index (κ3) is 3.18. The van der Waals surface area contributed by atoms with Gasteiger partial charge in [-0.3, -0.25) is 4.98 Å². The lowest BCUT2D eigenvalue weighted by molar-refractivity contribution is 0.669. The van der Waals surface area contributed by atoms with E-state index in [2.05, 4.69) is 113 Å². The molecule has 0 aliphatic heterocycles. The van der Waals surface area contributed by atoms with Crippen molar-refractivity contribution in [2.45, 2.75) is 12.8 Å². The van der Waals surface area contributed by atoms with Crippen molar-refractivity contribution in [3.8, 4) is 16.8 Å². The SMILES string of the molecule is C1=CCCC(c2cc(-c3cccc4c3oc3cccnc34)cc(-n3c4ccccc4c4ccccc43)c2)=C1. The summed E-state index contributed by atoms with van der Waals surface area (Å²) in [5.74, 6) is 0. The van der Waals surface area contributed by atoms with E-state index in [0.717, 1.165) is 51.7 Å². The Balaban J connectivity index is 1.45. The van der Waals surface area contributed by atoms with Gasteiger partial charge in [0.2, 0.25) is 0 Å². The minimum atomic E-state index is 0.814. The summed E-state index contributed by atoms with van der Waals surface area (Å²) in [6.07, 6.45) is 10.6. The number of furan rings is 1. The molecule has 0 radical (unpaired) electrons. The number of allylic oxidation sites excluding steroid dienone is 4. The van der Waals surface area contributed by atoms with Crippen LogP contribution in [0.1, 0.15) is 18.4 Å². The highest BCUT2D eigenvalue weighted by molar-refractivity contribution is 6.10. The second-order valence-corrected chi connectivity index (χ2v) is 9.93. The summed E-state index contributed by atoms with van der Waals surface area (Å²) in [5.41, 5.74) is 11.0. The van der Waals surface area contributed by atoms with Crippen molar-refractivity contribution < 1.29 is 4.42 Å². The van der Waals surface area contributed by atoms with E-state index in [1.54, 1.807) is 0 Å². The van der Waals surface area contributed by atoms with Crippen molar-refractivity contribution in [1.82, 2.24) is 9.55 Å². The van der Waals surface area contributed by atoms with Crippen LogP contribution in [0.5, 0.6) is 0 Å². The second kappa shape index (κ2) is 8.32. The number of rotatable bonds is 3. The fourth-order valence-corrected chi connectivity index (χ4v) is 5.97. The van der Waals surface area contributed by atoms with Gasteiger partial charge >= 0.3 is 0 Å². The predicted molar refractivity (Wildman–Crippen MR) is 158 cm³/mol. The Kier molecular flexibility index (Phi) is 4.65. The molecule has 0 N–H and O–H groups in total. The largest absolute Gasteiger partial charge is 0.454 e. The number of benzene rings is 4. The van der Waals surface area contributed by atoms with Crippen LogP contribution in [0.4, 0.5) is 0 Å². The monoisotopic (exact) mass is 488 g/mol. The number of pyridine rings is 1. The lowest BCUT2D eigenvalue weighted by atomic mass is 9.93. The molecule has 0 atom stereocenters. The first-order valence-electron chi connectivity index (χ1n) is 13.1. The molecule has 3 heterocycles. The third-order valence-electron chi connectivity index (χ3n) is 7.70. The average Bonchev–Trinajstić information content (AvgIpc) is 3.53. The van der Waals surface area contributed by atoms with E-state index in [9.17, 15) is 0 Å². The van der Waals surface area contributed by atoms with Crippen LogP contribution < -0.4 is 0 Å². The van der Waals surface area contributed by atoms with Gasteiger partial charge in [-0.15, -0.1) is 0 Å². The molecule has 7 aromatic rings. The van der Waals surface area contributed by atoms with Crippen LogP contribution in [0, 0.1) is 0 Å². The molecule has 0 saturated carbocycles. The van der Waals surface area contributed by atoms with Crippen molar-refractivity contribution in [2.75, 3.05) is 0 Å². The number of fused-ring (bicyclic) bond motifs is 6. The van der Waals surface area contributed by atoms with E-state index in [4.69, 9.17) is 4.42 Å². The number of nitrogens with zero attached hydrogens (tertiary/aromatic N) is 2. The third-order valence-corrected chi connectivity index (χ3v) is 7.70. The van der Waals surface area contributed by atoms with E-state index in [1.807, 2.05) is 18.3 Å². The van der Waals surface area contributed by atoms with Gasteiger partial charge in [0, 0.05) is 33.6 Å². The van der Waals surface area contributed by atoms with Crippen molar-refractivity contribution in [2.24, 2.45) is 0 Å². The van der Waals surface area contributed by atoms with E-state index in [-0.39, 0.29) is 0 Å². The number of aromatic nitrogens is 2. The van der Waals surface area contributed by atoms with Crippen LogP contribution in [-0.2, 0) is 0 Å². The lowest BCUT2D eigenvalue weighted by Crippen LogP contribution is -1.98. The Bertz CT molecular complexity index is 2030. The molecule has 3 aromatic heterocycles. The molecule has 0 bridgehead atoms. The smallest absolute Gasteiger partial charge is 0.153 e. The standard InChI is InChI=1S/C35H24N2O/c1-2-10-23(11-3-1)24-20-25(27-14-8-15-30-34-33(38-35(27)30)18-9-19-36-34)22-26(21-24)37-31-16-6-4-12-28(31)29-13-5-7-17-32(29)37/h1-2,4-10,12-22H,3,11H2. The highest BCUT2D eigenvalue weighted by Crippen LogP contribution is 2.39. The first-order chi connectivity index (χ1) is 18.8. The minimum Gasteiger partial charge on any atom is -0.454 e. The highest BCUT2D eigenvalue weighted by Gasteiger charge is 2.18. The van der Waals surface area contributed by atoms with E-state index >= 15 is 0 Å². The van der Waals surface area contributed by atoms with Gasteiger partial charge in [0.05, 0.1) is 11.0 Å². The summed E-state index contributed by atoms with van der Waals surface area (Å²) in [7, 11) is 0. The summed E-state index contributed by atoms with van der Waals surface area (Å²) in [4.78, 5) is 4.61. The summed E-state index contributed by atoms with van der Waals surface area (Å²) >= 11 is 0. The van der Waals surface area contributed by atoms with Crippen LogP contribution in [0.15, 0.2) is 126 Å². The molecule has 4 aromatic carbocycles. The Morgan fingerprint density at radius 3 is 2.26 bits per heavy atom. The first kappa shape index (κ1) is 21.2. The zero-order valence-corrected chi connectivity index (χ0v) is 20.8. The maximum atomic E-state index is 6.40. The Labute approximate surface area is 220 Å². The first-order valence-corrected chi connectivity index (χ1v) is 13.1. The van der Waals surface area contributed by atoms with Gasteiger partial charge in [-0.1, -0.05) is 66.8 Å². The van der Waals surface area contributed by atoms with Crippen LogP contribution in [0.3, 0.4) is 0 Å². The van der Waals surface area contributed by atoms with E-state index in [0.29, 0.717) is 0 Å².